The number of aromatic nitrogens is 2. The molecule has 11 nitrogen and oxygen atoms in total. The highest BCUT2D eigenvalue weighted by molar-refractivity contribution is 5.75. The zero-order chi connectivity index (χ0) is 36.5. The van der Waals surface area contributed by atoms with Gasteiger partial charge in [-0.1, -0.05) is 79.8 Å². The van der Waals surface area contributed by atoms with Gasteiger partial charge in [0.1, 0.15) is 24.6 Å². The highest BCUT2D eigenvalue weighted by atomic mass is 19.1. The summed E-state index contributed by atoms with van der Waals surface area (Å²) in [6.45, 7) is 3.73. The summed E-state index contributed by atoms with van der Waals surface area (Å²) in [6, 6.07) is 1.31. The largest absolute Gasteiger partial charge is 0.447 e. The maximum atomic E-state index is 15.2. The van der Waals surface area contributed by atoms with Crippen LogP contribution in [-0.2, 0) is 14.3 Å². The van der Waals surface area contributed by atoms with E-state index in [0.29, 0.717) is 32.4 Å². The van der Waals surface area contributed by atoms with Crippen molar-refractivity contribution in [3.63, 3.8) is 0 Å². The van der Waals surface area contributed by atoms with Crippen molar-refractivity contribution < 1.29 is 28.6 Å². The molecule has 0 radical (unpaired) electrons. The van der Waals surface area contributed by atoms with E-state index < -0.39 is 42.5 Å². The monoisotopic (exact) mass is 697 g/mol. The number of amides is 2. The lowest BCUT2D eigenvalue weighted by Crippen LogP contribution is -2.43. The number of nitrogens with zero attached hydrogens (tertiary/aromatic N) is 2. The molecule has 50 heavy (non-hydrogen) atoms. The van der Waals surface area contributed by atoms with E-state index in [1.807, 2.05) is 6.08 Å². The molecule has 2 amide bonds. The molecular weight excluding hydrogens is 641 g/mol. The zero-order valence-electron chi connectivity index (χ0n) is 29.6. The number of aliphatic hydroxyl groups is 1. The van der Waals surface area contributed by atoms with E-state index in [9.17, 15) is 19.5 Å². The lowest BCUT2D eigenvalue weighted by atomic mass is 9.98. The number of hydrogen-bond donors (Lipinski definition) is 4. The summed E-state index contributed by atoms with van der Waals surface area (Å²) >= 11 is 0. The summed E-state index contributed by atoms with van der Waals surface area (Å²) in [5, 5.41) is 15.9. The minimum Gasteiger partial charge on any atom is -0.447 e. The lowest BCUT2D eigenvalue weighted by Gasteiger charge is -2.24. The predicted octanol–water partition coefficient (Wildman–Crippen LogP) is 6.30. The van der Waals surface area contributed by atoms with Gasteiger partial charge in [-0.05, 0) is 77.2 Å². The number of nitrogens with two attached hydrogens (primary N) is 1. The molecule has 1 aromatic heterocycles. The van der Waals surface area contributed by atoms with Gasteiger partial charge in [0.25, 0.3) is 0 Å². The lowest BCUT2D eigenvalue weighted by molar-refractivity contribution is -0.121. The van der Waals surface area contributed by atoms with Gasteiger partial charge < -0.3 is 30.9 Å². The van der Waals surface area contributed by atoms with Crippen LogP contribution in [0.15, 0.2) is 90.0 Å². The Labute approximate surface area is 295 Å². The van der Waals surface area contributed by atoms with Gasteiger partial charge in [-0.25, -0.2) is 14.0 Å². The van der Waals surface area contributed by atoms with Gasteiger partial charge >= 0.3 is 11.8 Å². The standard InChI is InChI=1S/C38H56FN5O6/c1-3-4-5-6-7-8-9-10-11-12-13-14-15-16-17-18-19-20-22-25-33(45)41-27-23-21-24-28-42-37(48)49-30-31-34(46)38(2,39)35(50-31)44-29-26-32(40)43-36(44)47/h4-5,7-8,10-11,13-14,16-17,19-20,26,29,31,34-35,46H,3,6,9,12,15,18,21-25,27-28,30H2,1-2H3,(H,41,45)(H,42,48)(H2,40,43,47)/b5-4-,8-7-,11-10-,14-13-,17-16-,20-19-/t31-,34-,35-,38-/m1/s1. The number of nitrogens with one attached hydrogen (secondary N) is 2. The Morgan fingerprint density at radius 2 is 1.48 bits per heavy atom. The van der Waals surface area contributed by atoms with Gasteiger partial charge in [-0.3, -0.25) is 9.36 Å². The number of nitrogen functional groups attached to an aromatic ring is 1. The van der Waals surface area contributed by atoms with E-state index in [-0.39, 0.29) is 11.7 Å². The van der Waals surface area contributed by atoms with Crippen LogP contribution in [0.1, 0.15) is 90.7 Å². The highest BCUT2D eigenvalue weighted by Gasteiger charge is 2.55. The number of halogens is 1. The number of anilines is 1. The van der Waals surface area contributed by atoms with Crippen LogP contribution in [0.4, 0.5) is 15.0 Å². The van der Waals surface area contributed by atoms with Crippen LogP contribution in [-0.4, -0.2) is 64.2 Å². The van der Waals surface area contributed by atoms with Crippen molar-refractivity contribution in [2.24, 2.45) is 0 Å². The first kappa shape index (κ1) is 41.9. The second-order valence-electron chi connectivity index (χ2n) is 12.1. The number of ether oxygens (including phenoxy) is 2. The van der Waals surface area contributed by atoms with E-state index in [2.05, 4.69) is 89.4 Å². The summed E-state index contributed by atoms with van der Waals surface area (Å²) in [5.74, 6) is -0.0222. The number of alkyl halides is 1. The van der Waals surface area contributed by atoms with Crippen molar-refractivity contribution in [1.29, 1.82) is 0 Å². The average molecular weight is 698 g/mol. The number of hydrogen-bond acceptors (Lipinski definition) is 8. The molecule has 0 unspecified atom stereocenters. The van der Waals surface area contributed by atoms with Crippen molar-refractivity contribution in [3.8, 4) is 0 Å². The third kappa shape index (κ3) is 16.9. The van der Waals surface area contributed by atoms with Crippen molar-refractivity contribution in [3.05, 3.63) is 95.7 Å². The molecule has 0 aliphatic carbocycles. The van der Waals surface area contributed by atoms with Crippen molar-refractivity contribution in [1.82, 2.24) is 20.2 Å². The molecule has 1 aliphatic rings. The molecule has 2 heterocycles. The van der Waals surface area contributed by atoms with Gasteiger partial charge in [0, 0.05) is 25.7 Å². The number of allylic oxidation sites excluding steroid dienone is 12. The predicted molar refractivity (Wildman–Crippen MR) is 196 cm³/mol. The summed E-state index contributed by atoms with van der Waals surface area (Å²) in [6.07, 6.45) is 31.1. The Hall–Kier alpha value is -4.29. The number of unbranched alkanes of at least 4 members (excludes halogenated alkanes) is 2. The summed E-state index contributed by atoms with van der Waals surface area (Å²) in [7, 11) is 0. The first-order chi connectivity index (χ1) is 24.2. The van der Waals surface area contributed by atoms with Crippen LogP contribution >= 0.6 is 0 Å². The van der Waals surface area contributed by atoms with Gasteiger partial charge in [0.15, 0.2) is 11.9 Å². The van der Waals surface area contributed by atoms with Crippen LogP contribution in [0.25, 0.3) is 0 Å². The SMILES string of the molecule is CC/C=C\C/C=C\C/C=C\C/C=C\C/C=C\C/C=C\CCC(=O)NCCCCCNC(=O)OC[C@H]1O[C@@H](n2ccc(N)nc2=O)[C@](C)(F)[C@@H]1O. The molecule has 276 valence electrons. The second kappa shape index (κ2) is 24.8. The third-order valence-electron chi connectivity index (χ3n) is 7.78. The summed E-state index contributed by atoms with van der Waals surface area (Å²) in [4.78, 5) is 39.8. The molecular formula is C38H56FN5O6. The fourth-order valence-electron chi connectivity index (χ4n) is 4.95. The Bertz CT molecular complexity index is 1380. The Kier molecular flexibility index (Phi) is 20.8. The van der Waals surface area contributed by atoms with Crippen molar-refractivity contribution in [2.45, 2.75) is 109 Å². The van der Waals surface area contributed by atoms with E-state index in [1.54, 1.807) is 0 Å². The van der Waals surface area contributed by atoms with Crippen LogP contribution in [0, 0.1) is 0 Å². The minimum absolute atomic E-state index is 0.00620. The molecule has 4 atom stereocenters. The van der Waals surface area contributed by atoms with Crippen LogP contribution < -0.4 is 22.1 Å². The maximum Gasteiger partial charge on any atom is 0.407 e. The average Bonchev–Trinajstić information content (AvgIpc) is 3.31. The van der Waals surface area contributed by atoms with Gasteiger partial charge in [0.2, 0.25) is 5.91 Å². The summed E-state index contributed by atoms with van der Waals surface area (Å²) < 4.78 is 26.8. The second-order valence-corrected chi connectivity index (χ2v) is 12.1. The Morgan fingerprint density at radius 1 is 0.940 bits per heavy atom. The molecule has 0 bridgehead atoms. The van der Waals surface area contributed by atoms with Crippen molar-refractivity contribution in [2.75, 3.05) is 25.4 Å². The topological polar surface area (TPSA) is 158 Å². The third-order valence-corrected chi connectivity index (χ3v) is 7.78. The zero-order valence-corrected chi connectivity index (χ0v) is 29.6. The maximum absolute atomic E-state index is 15.2. The van der Waals surface area contributed by atoms with E-state index in [1.165, 1.54) is 12.3 Å². The fraction of sp³-hybridized carbons (Fsp3) is 0.526. The molecule has 0 aromatic carbocycles. The number of carbonyl (C=O) groups is 2. The van der Waals surface area contributed by atoms with Crippen molar-refractivity contribution >= 4 is 17.8 Å². The number of aliphatic hydroxyl groups excluding tert-OH is 1. The fourth-order valence-corrected chi connectivity index (χ4v) is 4.95. The molecule has 2 rings (SSSR count). The molecule has 1 saturated heterocycles. The molecule has 1 aliphatic heterocycles. The van der Waals surface area contributed by atoms with Crippen LogP contribution in [0.5, 0.6) is 0 Å². The number of alkyl carbamates (subject to hydrolysis) is 1. The first-order valence-corrected chi connectivity index (χ1v) is 17.6. The van der Waals surface area contributed by atoms with E-state index in [4.69, 9.17) is 15.2 Å². The minimum atomic E-state index is -2.34. The number of rotatable bonds is 23. The Morgan fingerprint density at radius 3 is 2.04 bits per heavy atom. The Balaban J connectivity index is 1.44. The van der Waals surface area contributed by atoms with Crippen LogP contribution in [0.2, 0.25) is 0 Å². The van der Waals surface area contributed by atoms with Gasteiger partial charge in [0.05, 0.1) is 0 Å². The van der Waals surface area contributed by atoms with E-state index in [0.717, 1.165) is 62.9 Å². The number of carbonyl (C=O) groups excluding carboxylic acids is 2. The van der Waals surface area contributed by atoms with Crippen LogP contribution in [0.3, 0.4) is 0 Å². The molecule has 5 N–H and O–H groups in total. The van der Waals surface area contributed by atoms with Gasteiger partial charge in [-0.15, -0.1) is 0 Å². The molecule has 0 saturated carbocycles. The molecule has 1 aromatic rings. The van der Waals surface area contributed by atoms with E-state index >= 15 is 4.39 Å². The smallest absolute Gasteiger partial charge is 0.407 e. The first-order valence-electron chi connectivity index (χ1n) is 17.6. The molecule has 1 fully saturated rings. The molecule has 12 heteroatoms. The highest BCUT2D eigenvalue weighted by Crippen LogP contribution is 2.40. The molecule has 0 spiro atoms. The van der Waals surface area contributed by atoms with Gasteiger partial charge in [-0.2, -0.15) is 4.98 Å². The quantitative estimate of drug-likeness (QED) is 0.0766. The summed E-state index contributed by atoms with van der Waals surface area (Å²) in [5.41, 5.74) is 2.31. The normalized spacial score (nSPS) is 21.2.